The van der Waals surface area contributed by atoms with Gasteiger partial charge in [-0.05, 0) is 37.5 Å². The molecule has 1 aliphatic carbocycles. The van der Waals surface area contributed by atoms with E-state index in [4.69, 9.17) is 4.74 Å². The van der Waals surface area contributed by atoms with Crippen LogP contribution in [0.5, 0.6) is 0 Å². The van der Waals surface area contributed by atoms with E-state index < -0.39 is 10.0 Å². The zero-order valence-corrected chi connectivity index (χ0v) is 12.9. The number of hydrogen-bond acceptors (Lipinski definition) is 4. The number of nitrogens with one attached hydrogen (secondary N) is 1. The third kappa shape index (κ3) is 4.98. The summed E-state index contributed by atoms with van der Waals surface area (Å²) in [6.45, 7) is 1.41. The van der Waals surface area contributed by atoms with E-state index in [0.29, 0.717) is 13.2 Å². The molecule has 1 saturated carbocycles. The highest BCUT2D eigenvalue weighted by atomic mass is 32.2. The van der Waals surface area contributed by atoms with Crippen LogP contribution in [0.4, 0.5) is 0 Å². The topological polar surface area (TPSA) is 75.6 Å². The van der Waals surface area contributed by atoms with Crippen molar-refractivity contribution in [2.24, 2.45) is 11.8 Å². The number of rotatable bonds is 5. The molecule has 0 aromatic heterocycles. The Labute approximate surface area is 122 Å². The molecule has 2 N–H and O–H groups in total. The summed E-state index contributed by atoms with van der Waals surface area (Å²) in [7, 11) is -3.26. The van der Waals surface area contributed by atoms with Crippen LogP contribution in [0.3, 0.4) is 0 Å². The summed E-state index contributed by atoms with van der Waals surface area (Å²) >= 11 is 0. The van der Waals surface area contributed by atoms with Crippen LogP contribution >= 0.6 is 0 Å². The Morgan fingerprint density at radius 3 is 2.45 bits per heavy atom. The van der Waals surface area contributed by atoms with E-state index in [2.05, 4.69) is 4.72 Å². The molecule has 0 spiro atoms. The largest absolute Gasteiger partial charge is 0.396 e. The SMILES string of the molecule is O=S(=O)(CC1CCOCC1)N[C@H]1CCCCC[C@H]1CO. The summed E-state index contributed by atoms with van der Waals surface area (Å²) in [5, 5.41) is 9.45. The van der Waals surface area contributed by atoms with Crippen LogP contribution < -0.4 is 4.72 Å². The maximum absolute atomic E-state index is 12.3. The molecule has 118 valence electrons. The fourth-order valence-electron chi connectivity index (χ4n) is 3.26. The lowest BCUT2D eigenvalue weighted by Crippen LogP contribution is -2.43. The second-order valence-electron chi connectivity index (χ2n) is 6.14. The third-order valence-electron chi connectivity index (χ3n) is 4.52. The summed E-state index contributed by atoms with van der Waals surface area (Å²) in [6, 6.07) is -0.0904. The Morgan fingerprint density at radius 2 is 1.75 bits per heavy atom. The molecule has 0 radical (unpaired) electrons. The van der Waals surface area contributed by atoms with Gasteiger partial charge in [0, 0.05) is 25.9 Å². The molecule has 2 fully saturated rings. The molecule has 2 aliphatic rings. The van der Waals surface area contributed by atoms with Crippen molar-refractivity contribution in [1.29, 1.82) is 0 Å². The van der Waals surface area contributed by atoms with Crippen molar-refractivity contribution < 1.29 is 18.3 Å². The van der Waals surface area contributed by atoms with E-state index in [1.807, 2.05) is 0 Å². The first-order chi connectivity index (χ1) is 9.61. The fraction of sp³-hybridized carbons (Fsp3) is 1.00. The van der Waals surface area contributed by atoms with Crippen LogP contribution in [0.2, 0.25) is 0 Å². The fourth-order valence-corrected chi connectivity index (χ4v) is 5.08. The van der Waals surface area contributed by atoms with Crippen molar-refractivity contribution in [2.75, 3.05) is 25.6 Å². The zero-order valence-electron chi connectivity index (χ0n) is 12.1. The molecular formula is C14H27NO4S. The van der Waals surface area contributed by atoms with Gasteiger partial charge in [0.2, 0.25) is 10.0 Å². The van der Waals surface area contributed by atoms with E-state index >= 15 is 0 Å². The minimum atomic E-state index is -3.26. The van der Waals surface area contributed by atoms with Gasteiger partial charge in [0.05, 0.1) is 5.75 Å². The van der Waals surface area contributed by atoms with Crippen LogP contribution in [0.25, 0.3) is 0 Å². The molecule has 0 aromatic rings. The molecule has 0 aromatic carbocycles. The molecule has 1 aliphatic heterocycles. The van der Waals surface area contributed by atoms with Gasteiger partial charge in [0.15, 0.2) is 0 Å². The summed E-state index contributed by atoms with van der Waals surface area (Å²) in [5.74, 6) is 0.479. The van der Waals surface area contributed by atoms with Gasteiger partial charge in [-0.25, -0.2) is 13.1 Å². The first kappa shape index (κ1) is 16.2. The van der Waals surface area contributed by atoms with Crippen molar-refractivity contribution in [2.45, 2.75) is 51.0 Å². The molecule has 1 heterocycles. The van der Waals surface area contributed by atoms with Gasteiger partial charge in [0.25, 0.3) is 0 Å². The van der Waals surface area contributed by atoms with Gasteiger partial charge in [0.1, 0.15) is 0 Å². The lowest BCUT2D eigenvalue weighted by Gasteiger charge is -2.27. The average Bonchev–Trinajstić information content (AvgIpc) is 2.63. The van der Waals surface area contributed by atoms with Gasteiger partial charge in [-0.15, -0.1) is 0 Å². The van der Waals surface area contributed by atoms with E-state index in [9.17, 15) is 13.5 Å². The zero-order chi connectivity index (χ0) is 14.4. The van der Waals surface area contributed by atoms with Crippen molar-refractivity contribution in [3.8, 4) is 0 Å². The van der Waals surface area contributed by atoms with Gasteiger partial charge in [-0.3, -0.25) is 0 Å². The van der Waals surface area contributed by atoms with E-state index in [0.717, 1.165) is 44.9 Å². The smallest absolute Gasteiger partial charge is 0.212 e. The van der Waals surface area contributed by atoms with Crippen LogP contribution in [-0.2, 0) is 14.8 Å². The standard InChI is InChI=1S/C14H27NO4S/c16-10-13-4-2-1-3-5-14(13)15-20(17,18)11-12-6-8-19-9-7-12/h12-16H,1-11H2/t13-,14-/m0/s1. The van der Waals surface area contributed by atoms with E-state index in [1.165, 1.54) is 0 Å². The Hall–Kier alpha value is -0.170. The maximum Gasteiger partial charge on any atom is 0.212 e. The Kier molecular flexibility index (Phi) is 6.26. The molecule has 2 atom stereocenters. The normalized spacial score (nSPS) is 30.1. The second-order valence-corrected chi connectivity index (χ2v) is 7.94. The minimum absolute atomic E-state index is 0.0713. The van der Waals surface area contributed by atoms with Crippen LogP contribution in [0.1, 0.15) is 44.9 Å². The number of aliphatic hydroxyl groups excluding tert-OH is 1. The predicted octanol–water partition coefficient (Wildman–Crippen LogP) is 1.27. The summed E-state index contributed by atoms with van der Waals surface area (Å²) in [4.78, 5) is 0. The highest BCUT2D eigenvalue weighted by Crippen LogP contribution is 2.24. The van der Waals surface area contributed by atoms with Crippen molar-refractivity contribution >= 4 is 10.0 Å². The molecule has 2 rings (SSSR count). The number of ether oxygens (including phenoxy) is 1. The summed E-state index contributed by atoms with van der Waals surface area (Å²) in [6.07, 6.45) is 6.68. The third-order valence-corrected chi connectivity index (χ3v) is 6.09. The Morgan fingerprint density at radius 1 is 1.05 bits per heavy atom. The van der Waals surface area contributed by atoms with Crippen molar-refractivity contribution in [1.82, 2.24) is 4.72 Å². The first-order valence-electron chi connectivity index (χ1n) is 7.79. The van der Waals surface area contributed by atoms with E-state index in [1.54, 1.807) is 0 Å². The summed E-state index contributed by atoms with van der Waals surface area (Å²) < 4.78 is 32.7. The number of hydrogen-bond donors (Lipinski definition) is 2. The van der Waals surface area contributed by atoms with Crippen molar-refractivity contribution in [3.63, 3.8) is 0 Å². The second kappa shape index (κ2) is 7.73. The van der Waals surface area contributed by atoms with Crippen LogP contribution in [-0.4, -0.2) is 45.1 Å². The molecule has 0 unspecified atom stereocenters. The van der Waals surface area contributed by atoms with Gasteiger partial charge < -0.3 is 9.84 Å². The first-order valence-corrected chi connectivity index (χ1v) is 9.44. The number of aliphatic hydroxyl groups is 1. The number of sulfonamides is 1. The van der Waals surface area contributed by atoms with Crippen molar-refractivity contribution in [3.05, 3.63) is 0 Å². The molecule has 5 nitrogen and oxygen atoms in total. The molecule has 6 heteroatoms. The van der Waals surface area contributed by atoms with Gasteiger partial charge >= 0.3 is 0 Å². The molecule has 20 heavy (non-hydrogen) atoms. The maximum atomic E-state index is 12.3. The monoisotopic (exact) mass is 305 g/mol. The highest BCUT2D eigenvalue weighted by Gasteiger charge is 2.29. The molecule has 1 saturated heterocycles. The lowest BCUT2D eigenvalue weighted by molar-refractivity contribution is 0.0722. The van der Waals surface area contributed by atoms with Gasteiger partial charge in [-0.2, -0.15) is 0 Å². The van der Waals surface area contributed by atoms with Gasteiger partial charge in [-0.1, -0.05) is 19.3 Å². The Balaban J connectivity index is 1.91. The minimum Gasteiger partial charge on any atom is -0.396 e. The molecular weight excluding hydrogens is 278 g/mol. The quantitative estimate of drug-likeness (QED) is 0.750. The lowest BCUT2D eigenvalue weighted by atomic mass is 9.97. The van der Waals surface area contributed by atoms with Crippen LogP contribution in [0.15, 0.2) is 0 Å². The van der Waals surface area contributed by atoms with E-state index in [-0.39, 0.29) is 30.2 Å². The molecule has 0 amide bonds. The average molecular weight is 305 g/mol. The van der Waals surface area contributed by atoms with Crippen LogP contribution in [0, 0.1) is 11.8 Å². The molecule has 0 bridgehead atoms. The summed E-state index contributed by atoms with van der Waals surface area (Å²) in [5.41, 5.74) is 0. The highest BCUT2D eigenvalue weighted by molar-refractivity contribution is 7.89. The predicted molar refractivity (Wildman–Crippen MR) is 77.9 cm³/mol. The Bertz CT molecular complexity index is 379.